The molecule has 0 aliphatic rings. The summed E-state index contributed by atoms with van der Waals surface area (Å²) in [6.07, 6.45) is 1.29. The van der Waals surface area contributed by atoms with Gasteiger partial charge in [-0.3, -0.25) is 13.9 Å². The SMILES string of the molecule is CCNC(=O)C(Cc1ccccc1)N(Cc1ccccc1C)C(=O)CN(c1ccc(OC)cc1OC)S(C)(=O)=O. The Morgan fingerprint density at radius 3 is 2.23 bits per heavy atom. The van der Waals surface area contributed by atoms with Crippen LogP contribution in [0.5, 0.6) is 11.5 Å². The lowest BCUT2D eigenvalue weighted by Crippen LogP contribution is -2.53. The van der Waals surface area contributed by atoms with Gasteiger partial charge in [0.1, 0.15) is 24.1 Å². The molecule has 9 nitrogen and oxygen atoms in total. The van der Waals surface area contributed by atoms with E-state index in [0.717, 1.165) is 27.3 Å². The van der Waals surface area contributed by atoms with Crippen molar-refractivity contribution in [2.24, 2.45) is 0 Å². The molecule has 10 heteroatoms. The molecule has 3 aromatic rings. The van der Waals surface area contributed by atoms with Crippen molar-refractivity contribution in [2.45, 2.75) is 32.9 Å². The summed E-state index contributed by atoms with van der Waals surface area (Å²) in [6.45, 7) is 3.72. The predicted octanol–water partition coefficient (Wildman–Crippen LogP) is 3.55. The van der Waals surface area contributed by atoms with E-state index >= 15 is 0 Å². The zero-order chi connectivity index (χ0) is 29.3. The van der Waals surface area contributed by atoms with Crippen LogP contribution in [0.4, 0.5) is 5.69 Å². The second kappa shape index (κ2) is 13.8. The van der Waals surface area contributed by atoms with Crippen LogP contribution in [0.3, 0.4) is 0 Å². The number of methoxy groups -OCH3 is 2. The Hall–Kier alpha value is -4.05. The van der Waals surface area contributed by atoms with Crippen molar-refractivity contribution in [3.63, 3.8) is 0 Å². The Kier molecular flexibility index (Phi) is 10.6. The number of nitrogens with zero attached hydrogens (tertiary/aromatic N) is 2. The van der Waals surface area contributed by atoms with Crippen LogP contribution in [0, 0.1) is 6.92 Å². The summed E-state index contributed by atoms with van der Waals surface area (Å²) in [4.78, 5) is 29.0. The monoisotopic (exact) mass is 567 g/mol. The number of ether oxygens (including phenoxy) is 2. The van der Waals surface area contributed by atoms with Crippen molar-refractivity contribution in [2.75, 3.05) is 37.9 Å². The highest BCUT2D eigenvalue weighted by atomic mass is 32.2. The quantitative estimate of drug-likeness (QED) is 0.339. The Balaban J connectivity index is 2.09. The Morgan fingerprint density at radius 1 is 0.950 bits per heavy atom. The smallest absolute Gasteiger partial charge is 0.244 e. The molecule has 40 heavy (non-hydrogen) atoms. The number of likely N-dealkylation sites (N-methyl/N-ethyl adjacent to an activating group) is 1. The molecule has 0 aliphatic carbocycles. The molecule has 3 rings (SSSR count). The molecule has 0 fully saturated rings. The third-order valence-electron chi connectivity index (χ3n) is 6.56. The van der Waals surface area contributed by atoms with Crippen LogP contribution in [-0.2, 0) is 32.6 Å². The molecule has 2 amide bonds. The Bertz CT molecular complexity index is 1410. The maximum Gasteiger partial charge on any atom is 0.244 e. The first kappa shape index (κ1) is 30.5. The molecule has 0 aliphatic heterocycles. The third-order valence-corrected chi connectivity index (χ3v) is 7.69. The zero-order valence-corrected chi connectivity index (χ0v) is 24.4. The van der Waals surface area contributed by atoms with Gasteiger partial charge in [0.25, 0.3) is 0 Å². The van der Waals surface area contributed by atoms with Crippen LogP contribution in [0.1, 0.15) is 23.6 Å². The minimum Gasteiger partial charge on any atom is -0.497 e. The fraction of sp³-hybridized carbons (Fsp3) is 0.333. The topological polar surface area (TPSA) is 105 Å². The van der Waals surface area contributed by atoms with E-state index in [1.54, 1.807) is 12.1 Å². The van der Waals surface area contributed by atoms with Gasteiger partial charge in [0.05, 0.1) is 26.2 Å². The number of benzene rings is 3. The molecule has 0 aromatic heterocycles. The fourth-order valence-electron chi connectivity index (χ4n) is 4.40. The van der Waals surface area contributed by atoms with Crippen LogP contribution in [0.25, 0.3) is 0 Å². The molecular formula is C30H37N3O6S. The highest BCUT2D eigenvalue weighted by Gasteiger charge is 2.33. The minimum absolute atomic E-state index is 0.123. The molecular weight excluding hydrogens is 530 g/mol. The van der Waals surface area contributed by atoms with Gasteiger partial charge in [-0.25, -0.2) is 8.42 Å². The standard InChI is InChI=1S/C30H37N3O6S/c1-6-31-30(35)27(18-23-13-8-7-9-14-23)32(20-24-15-11-10-12-22(24)2)29(34)21-33(40(5,36)37)26-17-16-25(38-3)19-28(26)39-4/h7-17,19,27H,6,18,20-21H2,1-5H3,(H,31,35). The number of hydrogen-bond acceptors (Lipinski definition) is 6. The van der Waals surface area contributed by atoms with E-state index in [-0.39, 0.29) is 30.3 Å². The molecule has 0 heterocycles. The summed E-state index contributed by atoms with van der Waals surface area (Å²) < 4.78 is 37.7. The fourth-order valence-corrected chi connectivity index (χ4v) is 5.26. The molecule has 0 saturated carbocycles. The summed E-state index contributed by atoms with van der Waals surface area (Å²) in [6, 6.07) is 20.8. The van der Waals surface area contributed by atoms with Crippen molar-refractivity contribution in [3.8, 4) is 11.5 Å². The number of rotatable bonds is 13. The maximum atomic E-state index is 14.1. The summed E-state index contributed by atoms with van der Waals surface area (Å²) in [7, 11) is -1.03. The van der Waals surface area contributed by atoms with E-state index in [1.807, 2.05) is 68.4 Å². The van der Waals surface area contributed by atoms with E-state index in [4.69, 9.17) is 9.47 Å². The van der Waals surface area contributed by atoms with Gasteiger partial charge >= 0.3 is 0 Å². The normalized spacial score (nSPS) is 11.8. The first-order chi connectivity index (χ1) is 19.1. The predicted molar refractivity (Wildman–Crippen MR) is 156 cm³/mol. The van der Waals surface area contributed by atoms with Gasteiger partial charge in [-0.15, -0.1) is 0 Å². The van der Waals surface area contributed by atoms with Crippen LogP contribution >= 0.6 is 0 Å². The van der Waals surface area contributed by atoms with Gasteiger partial charge in [0, 0.05) is 25.6 Å². The lowest BCUT2D eigenvalue weighted by molar-refractivity contribution is -0.140. The van der Waals surface area contributed by atoms with Crippen molar-refractivity contribution in [1.82, 2.24) is 10.2 Å². The average molecular weight is 568 g/mol. The lowest BCUT2D eigenvalue weighted by Gasteiger charge is -2.34. The molecule has 0 spiro atoms. The van der Waals surface area contributed by atoms with Crippen LogP contribution < -0.4 is 19.1 Å². The van der Waals surface area contributed by atoms with Crippen molar-refractivity contribution in [3.05, 3.63) is 89.5 Å². The van der Waals surface area contributed by atoms with Gasteiger partial charge in [-0.2, -0.15) is 0 Å². The number of nitrogens with one attached hydrogen (secondary N) is 1. The Labute approximate surface area is 236 Å². The number of sulfonamides is 1. The highest BCUT2D eigenvalue weighted by Crippen LogP contribution is 2.34. The molecule has 214 valence electrons. The van der Waals surface area contributed by atoms with E-state index in [0.29, 0.717) is 12.3 Å². The number of hydrogen-bond donors (Lipinski definition) is 1. The summed E-state index contributed by atoms with van der Waals surface area (Å²) >= 11 is 0. The molecule has 3 aromatic carbocycles. The second-order valence-electron chi connectivity index (χ2n) is 9.36. The van der Waals surface area contributed by atoms with Gasteiger partial charge < -0.3 is 19.7 Å². The minimum atomic E-state index is -3.93. The van der Waals surface area contributed by atoms with E-state index in [9.17, 15) is 18.0 Å². The van der Waals surface area contributed by atoms with Crippen LogP contribution in [0.2, 0.25) is 0 Å². The number of carbonyl (C=O) groups is 2. The molecule has 1 unspecified atom stereocenters. The molecule has 0 saturated heterocycles. The summed E-state index contributed by atoms with van der Waals surface area (Å²) in [5, 5.41) is 2.85. The molecule has 1 N–H and O–H groups in total. The Morgan fingerprint density at radius 2 is 1.62 bits per heavy atom. The summed E-state index contributed by atoms with van der Waals surface area (Å²) in [5.74, 6) is -0.145. The number of anilines is 1. The van der Waals surface area contributed by atoms with E-state index < -0.39 is 28.5 Å². The summed E-state index contributed by atoms with van der Waals surface area (Å²) in [5.41, 5.74) is 2.86. The van der Waals surface area contributed by atoms with Gasteiger partial charge in [-0.1, -0.05) is 54.6 Å². The van der Waals surface area contributed by atoms with E-state index in [1.165, 1.54) is 25.2 Å². The van der Waals surface area contributed by atoms with Crippen molar-refractivity contribution < 1.29 is 27.5 Å². The van der Waals surface area contributed by atoms with Gasteiger partial charge in [0.15, 0.2) is 0 Å². The molecule has 1 atom stereocenters. The highest BCUT2D eigenvalue weighted by molar-refractivity contribution is 7.92. The second-order valence-corrected chi connectivity index (χ2v) is 11.3. The largest absolute Gasteiger partial charge is 0.497 e. The maximum absolute atomic E-state index is 14.1. The van der Waals surface area contributed by atoms with E-state index in [2.05, 4.69) is 5.32 Å². The molecule has 0 bridgehead atoms. The lowest BCUT2D eigenvalue weighted by atomic mass is 10.0. The number of amides is 2. The van der Waals surface area contributed by atoms with Crippen molar-refractivity contribution >= 4 is 27.5 Å². The number of aryl methyl sites for hydroxylation is 1. The van der Waals surface area contributed by atoms with Gasteiger partial charge in [0.2, 0.25) is 21.8 Å². The van der Waals surface area contributed by atoms with Crippen LogP contribution in [-0.4, -0.2) is 64.7 Å². The zero-order valence-electron chi connectivity index (χ0n) is 23.6. The first-order valence-electron chi connectivity index (χ1n) is 12.9. The van der Waals surface area contributed by atoms with Crippen LogP contribution in [0.15, 0.2) is 72.8 Å². The third kappa shape index (κ3) is 7.75. The number of carbonyl (C=O) groups excluding carboxylic acids is 2. The average Bonchev–Trinajstić information content (AvgIpc) is 2.94. The van der Waals surface area contributed by atoms with Crippen molar-refractivity contribution in [1.29, 1.82) is 0 Å². The van der Waals surface area contributed by atoms with Gasteiger partial charge in [-0.05, 0) is 42.7 Å². The first-order valence-corrected chi connectivity index (χ1v) is 14.8. The molecule has 0 radical (unpaired) electrons.